The number of nitrogens with zero attached hydrogens (tertiary/aromatic N) is 1. The third-order valence-electron chi connectivity index (χ3n) is 5.49. The van der Waals surface area contributed by atoms with Crippen LogP contribution in [0.2, 0.25) is 5.02 Å². The van der Waals surface area contributed by atoms with E-state index in [2.05, 4.69) is 0 Å². The molecule has 132 valence electrons. The van der Waals surface area contributed by atoms with Gasteiger partial charge in [0.1, 0.15) is 0 Å². The van der Waals surface area contributed by atoms with E-state index in [1.165, 1.54) is 0 Å². The average molecular weight is 354 g/mol. The molecule has 0 bridgehead atoms. The minimum absolute atomic E-state index is 0.0147. The number of likely N-dealkylation sites (tertiary alicyclic amines) is 1. The number of aliphatic hydroxyl groups excluding tert-OH is 2. The number of carbonyl (C=O) groups is 1. The van der Waals surface area contributed by atoms with Crippen LogP contribution in [0.25, 0.3) is 0 Å². The van der Waals surface area contributed by atoms with E-state index in [-0.39, 0.29) is 30.1 Å². The van der Waals surface area contributed by atoms with Crippen molar-refractivity contribution in [2.45, 2.75) is 38.4 Å². The maximum atomic E-state index is 12.7. The molecule has 1 aromatic rings. The summed E-state index contributed by atoms with van der Waals surface area (Å²) in [5.74, 6) is -0.0554. The number of piperidine rings is 1. The summed E-state index contributed by atoms with van der Waals surface area (Å²) in [6, 6.07) is 5.46. The summed E-state index contributed by atoms with van der Waals surface area (Å²) in [6.45, 7) is 3.38. The van der Waals surface area contributed by atoms with Crippen LogP contribution in [0, 0.1) is 12.3 Å². The van der Waals surface area contributed by atoms with E-state index in [9.17, 15) is 9.90 Å². The van der Waals surface area contributed by atoms with Crippen molar-refractivity contribution in [3.05, 3.63) is 34.3 Å². The van der Waals surface area contributed by atoms with Gasteiger partial charge in [0.05, 0.1) is 36.0 Å². The molecule has 1 aromatic carbocycles. The highest BCUT2D eigenvalue weighted by molar-refractivity contribution is 6.33. The van der Waals surface area contributed by atoms with Gasteiger partial charge in [-0.05, 0) is 31.9 Å². The highest BCUT2D eigenvalue weighted by Crippen LogP contribution is 2.51. The molecular weight excluding hydrogens is 330 g/mol. The van der Waals surface area contributed by atoms with Crippen LogP contribution in [0.3, 0.4) is 0 Å². The Morgan fingerprint density at radius 3 is 2.75 bits per heavy atom. The highest BCUT2D eigenvalue weighted by Gasteiger charge is 2.56. The zero-order valence-electron chi connectivity index (χ0n) is 13.9. The lowest BCUT2D eigenvalue weighted by molar-refractivity contribution is -0.211. The van der Waals surface area contributed by atoms with E-state index in [1.807, 2.05) is 19.1 Å². The normalized spacial score (nSPS) is 25.6. The summed E-state index contributed by atoms with van der Waals surface area (Å²) in [6.07, 6.45) is 1.61. The molecule has 2 aliphatic rings. The van der Waals surface area contributed by atoms with Gasteiger partial charge in [-0.25, -0.2) is 0 Å². The number of rotatable bonds is 4. The standard InChI is InChI=1S/C18H24ClNO4/c1-12-2-3-14(19)13(10-12)17(23)20-6-4-18(5-7-20)15(22)11-16(18)24-9-8-21/h2-3,10,15-16,21-22H,4-9,11H2,1H3/t15-,16+/m0/s1. The Hall–Kier alpha value is -1.14. The van der Waals surface area contributed by atoms with Gasteiger partial charge in [-0.15, -0.1) is 0 Å². The molecule has 1 heterocycles. The van der Waals surface area contributed by atoms with Gasteiger partial charge in [-0.2, -0.15) is 0 Å². The molecule has 1 amide bonds. The monoisotopic (exact) mass is 353 g/mol. The molecule has 1 aliphatic carbocycles. The van der Waals surface area contributed by atoms with Gasteiger partial charge in [-0.1, -0.05) is 23.2 Å². The summed E-state index contributed by atoms with van der Waals surface area (Å²) in [5, 5.41) is 19.6. The van der Waals surface area contributed by atoms with Crippen molar-refractivity contribution in [2.75, 3.05) is 26.3 Å². The van der Waals surface area contributed by atoms with E-state index in [0.29, 0.717) is 49.5 Å². The molecule has 2 fully saturated rings. The molecule has 0 unspecified atom stereocenters. The first-order valence-electron chi connectivity index (χ1n) is 8.44. The van der Waals surface area contributed by atoms with E-state index < -0.39 is 0 Å². The molecule has 1 saturated heterocycles. The van der Waals surface area contributed by atoms with E-state index in [0.717, 1.165) is 5.56 Å². The van der Waals surface area contributed by atoms with E-state index in [1.54, 1.807) is 11.0 Å². The van der Waals surface area contributed by atoms with Crippen molar-refractivity contribution in [1.29, 1.82) is 0 Å². The second kappa shape index (κ2) is 7.00. The van der Waals surface area contributed by atoms with Gasteiger partial charge >= 0.3 is 0 Å². The third-order valence-corrected chi connectivity index (χ3v) is 5.82. The predicted octanol–water partition coefficient (Wildman–Crippen LogP) is 2.01. The van der Waals surface area contributed by atoms with Crippen LogP contribution in [0.4, 0.5) is 0 Å². The summed E-state index contributed by atoms with van der Waals surface area (Å²) < 4.78 is 5.67. The summed E-state index contributed by atoms with van der Waals surface area (Å²) in [5.41, 5.74) is 1.26. The van der Waals surface area contributed by atoms with Gasteiger partial charge in [0, 0.05) is 24.9 Å². The Labute approximate surface area is 147 Å². The fourth-order valence-electron chi connectivity index (χ4n) is 3.91. The van der Waals surface area contributed by atoms with Crippen LogP contribution in [0.1, 0.15) is 35.2 Å². The second-order valence-corrected chi connectivity index (χ2v) is 7.25. The predicted molar refractivity (Wildman–Crippen MR) is 91.2 cm³/mol. The summed E-state index contributed by atoms with van der Waals surface area (Å²) >= 11 is 6.18. The lowest BCUT2D eigenvalue weighted by atomic mass is 9.58. The largest absolute Gasteiger partial charge is 0.394 e. The van der Waals surface area contributed by atoms with Gasteiger partial charge in [-0.3, -0.25) is 4.79 Å². The molecule has 0 aromatic heterocycles. The molecule has 6 heteroatoms. The summed E-state index contributed by atoms with van der Waals surface area (Å²) in [4.78, 5) is 14.5. The number of amides is 1. The first-order chi connectivity index (χ1) is 11.5. The number of benzene rings is 1. The second-order valence-electron chi connectivity index (χ2n) is 6.84. The van der Waals surface area contributed by atoms with Crippen molar-refractivity contribution in [3.63, 3.8) is 0 Å². The molecule has 1 spiro atoms. The topological polar surface area (TPSA) is 70.0 Å². The maximum Gasteiger partial charge on any atom is 0.255 e. The number of aryl methyl sites for hydroxylation is 1. The molecule has 1 aliphatic heterocycles. The SMILES string of the molecule is Cc1ccc(Cl)c(C(=O)N2CCC3(CC2)[C@@H](O)C[C@H]3OCCO)c1. The first kappa shape index (κ1) is 17.7. The summed E-state index contributed by atoms with van der Waals surface area (Å²) in [7, 11) is 0. The maximum absolute atomic E-state index is 12.7. The molecule has 1 saturated carbocycles. The van der Waals surface area contributed by atoms with Gasteiger partial charge in [0.25, 0.3) is 5.91 Å². The molecule has 5 nitrogen and oxygen atoms in total. The van der Waals surface area contributed by atoms with Crippen LogP contribution in [-0.4, -0.2) is 59.5 Å². The Kier molecular flexibility index (Phi) is 5.16. The molecular formula is C18H24ClNO4. The molecule has 2 N–H and O–H groups in total. The van der Waals surface area contributed by atoms with E-state index in [4.69, 9.17) is 21.4 Å². The average Bonchev–Trinajstić information content (AvgIpc) is 2.60. The van der Waals surface area contributed by atoms with Crippen LogP contribution < -0.4 is 0 Å². The molecule has 2 atom stereocenters. The Bertz CT molecular complexity index is 613. The minimum Gasteiger partial charge on any atom is -0.394 e. The highest BCUT2D eigenvalue weighted by atomic mass is 35.5. The minimum atomic E-state index is -0.388. The number of halogens is 1. The van der Waals surface area contributed by atoms with Crippen molar-refractivity contribution < 1.29 is 19.7 Å². The van der Waals surface area contributed by atoms with Crippen molar-refractivity contribution in [3.8, 4) is 0 Å². The number of hydrogen-bond acceptors (Lipinski definition) is 4. The Balaban J connectivity index is 1.66. The van der Waals surface area contributed by atoms with Crippen molar-refractivity contribution >= 4 is 17.5 Å². The quantitative estimate of drug-likeness (QED) is 0.868. The molecule has 3 rings (SSSR count). The fraction of sp³-hybridized carbons (Fsp3) is 0.611. The van der Waals surface area contributed by atoms with Gasteiger partial charge in [0.2, 0.25) is 0 Å². The van der Waals surface area contributed by atoms with Crippen molar-refractivity contribution in [1.82, 2.24) is 4.90 Å². The first-order valence-corrected chi connectivity index (χ1v) is 8.81. The van der Waals surface area contributed by atoms with Crippen LogP contribution in [0.5, 0.6) is 0 Å². The number of ether oxygens (including phenoxy) is 1. The third kappa shape index (κ3) is 3.06. The Morgan fingerprint density at radius 1 is 1.42 bits per heavy atom. The zero-order valence-corrected chi connectivity index (χ0v) is 14.6. The molecule has 24 heavy (non-hydrogen) atoms. The van der Waals surface area contributed by atoms with Crippen LogP contribution in [0.15, 0.2) is 18.2 Å². The molecule has 0 radical (unpaired) electrons. The Morgan fingerprint density at radius 2 is 2.12 bits per heavy atom. The van der Waals surface area contributed by atoms with Crippen molar-refractivity contribution in [2.24, 2.45) is 5.41 Å². The number of aliphatic hydroxyl groups is 2. The zero-order chi connectivity index (χ0) is 17.3. The lowest BCUT2D eigenvalue weighted by Crippen LogP contribution is -2.62. The lowest BCUT2D eigenvalue weighted by Gasteiger charge is -2.56. The van der Waals surface area contributed by atoms with Gasteiger partial charge < -0.3 is 19.8 Å². The number of hydrogen-bond donors (Lipinski definition) is 2. The van der Waals surface area contributed by atoms with Crippen LogP contribution in [-0.2, 0) is 4.74 Å². The van der Waals surface area contributed by atoms with Gasteiger partial charge in [0.15, 0.2) is 0 Å². The number of carbonyl (C=O) groups excluding carboxylic acids is 1. The van der Waals surface area contributed by atoms with Crippen LogP contribution >= 0.6 is 11.6 Å². The smallest absolute Gasteiger partial charge is 0.255 e. The fourth-order valence-corrected chi connectivity index (χ4v) is 4.11. The van der Waals surface area contributed by atoms with E-state index >= 15 is 0 Å².